The van der Waals surface area contributed by atoms with Crippen LogP contribution in [0.15, 0.2) is 30.3 Å². The Morgan fingerprint density at radius 1 is 1.17 bits per heavy atom. The predicted octanol–water partition coefficient (Wildman–Crippen LogP) is 3.11. The lowest BCUT2D eigenvalue weighted by Crippen LogP contribution is -2.14. The molecule has 3 rings (SSSR count). The highest BCUT2D eigenvalue weighted by molar-refractivity contribution is 5.27. The summed E-state index contributed by atoms with van der Waals surface area (Å²) in [5.74, 6) is 2.50. The van der Waals surface area contributed by atoms with Gasteiger partial charge < -0.3 is 0 Å². The average molecular weight is 241 g/mol. The van der Waals surface area contributed by atoms with E-state index in [4.69, 9.17) is 4.98 Å². The first-order chi connectivity index (χ1) is 8.55. The van der Waals surface area contributed by atoms with Crippen molar-refractivity contribution >= 4 is 0 Å². The van der Waals surface area contributed by atoms with Gasteiger partial charge in [0.1, 0.15) is 5.82 Å². The molecule has 1 aliphatic heterocycles. The molecule has 1 aromatic carbocycles. The monoisotopic (exact) mass is 241 g/mol. The van der Waals surface area contributed by atoms with E-state index in [1.54, 1.807) is 0 Å². The van der Waals surface area contributed by atoms with Crippen LogP contribution >= 0.6 is 0 Å². The van der Waals surface area contributed by atoms with Gasteiger partial charge in [-0.1, -0.05) is 51.1 Å². The summed E-state index contributed by atoms with van der Waals surface area (Å²) in [4.78, 5) is 4.77. The molecule has 3 nitrogen and oxygen atoms in total. The van der Waals surface area contributed by atoms with Crippen LogP contribution in [0.1, 0.15) is 50.3 Å². The van der Waals surface area contributed by atoms with E-state index < -0.39 is 0 Å². The first-order valence-corrected chi connectivity index (χ1v) is 6.56. The quantitative estimate of drug-likeness (QED) is 0.768. The average Bonchev–Trinajstić information content (AvgIpc) is 2.88. The van der Waals surface area contributed by atoms with Crippen LogP contribution in [0.3, 0.4) is 0 Å². The molecular weight excluding hydrogens is 222 g/mol. The zero-order chi connectivity index (χ0) is 12.8. The fourth-order valence-electron chi connectivity index (χ4n) is 2.48. The number of nitrogens with zero attached hydrogens (tertiary/aromatic N) is 3. The van der Waals surface area contributed by atoms with Crippen molar-refractivity contribution in [3.63, 3.8) is 0 Å². The Hall–Kier alpha value is -1.64. The Labute approximate surface area is 108 Å². The number of hydrogen-bond donors (Lipinski definition) is 0. The molecule has 1 aliphatic rings. The van der Waals surface area contributed by atoms with Gasteiger partial charge in [-0.3, -0.25) is 0 Å². The Morgan fingerprint density at radius 2 is 1.89 bits per heavy atom. The summed E-state index contributed by atoms with van der Waals surface area (Å²) in [5.41, 5.74) is 1.38. The van der Waals surface area contributed by atoms with Crippen LogP contribution in [-0.4, -0.2) is 14.8 Å². The normalized spacial score (nSPS) is 18.9. The second-order valence-electron chi connectivity index (χ2n) is 6.02. The molecule has 0 unspecified atom stereocenters. The topological polar surface area (TPSA) is 30.7 Å². The number of rotatable bonds is 1. The second kappa shape index (κ2) is 3.94. The molecule has 0 radical (unpaired) electrons. The van der Waals surface area contributed by atoms with E-state index in [0.29, 0.717) is 5.92 Å². The zero-order valence-electron chi connectivity index (χ0n) is 11.2. The highest BCUT2D eigenvalue weighted by Crippen LogP contribution is 2.33. The van der Waals surface area contributed by atoms with Crippen LogP contribution < -0.4 is 0 Å². The molecule has 0 saturated carbocycles. The van der Waals surface area contributed by atoms with E-state index in [-0.39, 0.29) is 5.41 Å². The summed E-state index contributed by atoms with van der Waals surface area (Å²) < 4.78 is 2.08. The van der Waals surface area contributed by atoms with Crippen LogP contribution in [0, 0.1) is 0 Å². The molecule has 2 heterocycles. The van der Waals surface area contributed by atoms with Crippen molar-refractivity contribution < 1.29 is 0 Å². The van der Waals surface area contributed by atoms with E-state index in [0.717, 1.165) is 24.6 Å². The Bertz CT molecular complexity index is 549. The van der Waals surface area contributed by atoms with Crippen molar-refractivity contribution in [1.29, 1.82) is 0 Å². The molecule has 0 N–H and O–H groups in total. The molecule has 3 heteroatoms. The summed E-state index contributed by atoms with van der Waals surface area (Å²) in [6.07, 6.45) is 1.11. The lowest BCUT2D eigenvalue weighted by Gasteiger charge is -2.13. The van der Waals surface area contributed by atoms with Gasteiger partial charge in [-0.05, 0) is 12.0 Å². The molecule has 0 amide bonds. The van der Waals surface area contributed by atoms with Crippen LogP contribution in [0.5, 0.6) is 0 Å². The third-order valence-electron chi connectivity index (χ3n) is 3.51. The van der Waals surface area contributed by atoms with Crippen LogP contribution in [-0.2, 0) is 12.0 Å². The van der Waals surface area contributed by atoms with Gasteiger partial charge in [-0.2, -0.15) is 5.10 Å². The first kappa shape index (κ1) is 11.5. The molecule has 0 fully saturated rings. The van der Waals surface area contributed by atoms with E-state index in [1.165, 1.54) is 5.56 Å². The summed E-state index contributed by atoms with van der Waals surface area (Å²) in [6, 6.07) is 10.6. The third kappa shape index (κ3) is 1.84. The molecule has 1 aromatic heterocycles. The lowest BCUT2D eigenvalue weighted by atomic mass is 9.95. The zero-order valence-corrected chi connectivity index (χ0v) is 11.2. The molecule has 18 heavy (non-hydrogen) atoms. The van der Waals surface area contributed by atoms with E-state index in [2.05, 4.69) is 60.9 Å². The largest absolute Gasteiger partial charge is 0.249 e. The minimum absolute atomic E-state index is 0.0264. The molecule has 0 spiro atoms. The number of aromatic nitrogens is 3. The lowest BCUT2D eigenvalue weighted by molar-refractivity contribution is 0.524. The van der Waals surface area contributed by atoms with Crippen molar-refractivity contribution in [3.8, 4) is 0 Å². The summed E-state index contributed by atoms with van der Waals surface area (Å²) in [6.45, 7) is 7.47. The standard InChI is InChI=1S/C15H19N3/c1-15(2,3)14-16-13-12(9-10-18(13)17-14)11-7-5-4-6-8-11/h4-8,12H,9-10H2,1-3H3/t12-/m0/s1. The highest BCUT2D eigenvalue weighted by Gasteiger charge is 2.30. The van der Waals surface area contributed by atoms with Crippen molar-refractivity contribution in [2.45, 2.75) is 45.1 Å². The van der Waals surface area contributed by atoms with Crippen molar-refractivity contribution in [3.05, 3.63) is 47.5 Å². The number of hydrogen-bond acceptors (Lipinski definition) is 2. The third-order valence-corrected chi connectivity index (χ3v) is 3.51. The molecule has 2 aromatic rings. The van der Waals surface area contributed by atoms with Gasteiger partial charge in [0.25, 0.3) is 0 Å². The molecule has 0 aliphatic carbocycles. The second-order valence-corrected chi connectivity index (χ2v) is 6.02. The highest BCUT2D eigenvalue weighted by atomic mass is 15.4. The van der Waals surface area contributed by atoms with E-state index in [1.807, 2.05) is 0 Å². The van der Waals surface area contributed by atoms with Crippen LogP contribution in [0.25, 0.3) is 0 Å². The minimum atomic E-state index is 0.0264. The fourth-order valence-corrected chi connectivity index (χ4v) is 2.48. The molecule has 1 atom stereocenters. The SMILES string of the molecule is CC(C)(C)c1nc2n(n1)CC[C@H]2c1ccccc1. The van der Waals surface area contributed by atoms with Crippen LogP contribution in [0.2, 0.25) is 0 Å². The van der Waals surface area contributed by atoms with Crippen LogP contribution in [0.4, 0.5) is 0 Å². The maximum absolute atomic E-state index is 4.77. The summed E-state index contributed by atoms with van der Waals surface area (Å²) in [5, 5.41) is 4.64. The van der Waals surface area contributed by atoms with Crippen molar-refractivity contribution in [1.82, 2.24) is 14.8 Å². The van der Waals surface area contributed by atoms with E-state index in [9.17, 15) is 0 Å². The van der Waals surface area contributed by atoms with Gasteiger partial charge in [-0.25, -0.2) is 9.67 Å². The Kier molecular flexibility index (Phi) is 2.51. The van der Waals surface area contributed by atoms with Gasteiger partial charge in [0, 0.05) is 17.9 Å². The van der Waals surface area contributed by atoms with Gasteiger partial charge in [-0.15, -0.1) is 0 Å². The first-order valence-electron chi connectivity index (χ1n) is 6.56. The summed E-state index contributed by atoms with van der Waals surface area (Å²) in [7, 11) is 0. The molecule has 94 valence electrons. The molecule has 0 bridgehead atoms. The Balaban J connectivity index is 1.99. The number of fused-ring (bicyclic) bond motifs is 1. The Morgan fingerprint density at radius 3 is 2.56 bits per heavy atom. The van der Waals surface area contributed by atoms with E-state index >= 15 is 0 Å². The summed E-state index contributed by atoms with van der Waals surface area (Å²) >= 11 is 0. The maximum atomic E-state index is 4.77. The predicted molar refractivity (Wildman–Crippen MR) is 71.6 cm³/mol. The van der Waals surface area contributed by atoms with Gasteiger partial charge in [0.2, 0.25) is 0 Å². The molecular formula is C15H19N3. The number of benzene rings is 1. The number of aryl methyl sites for hydroxylation is 1. The maximum Gasteiger partial charge on any atom is 0.156 e. The van der Waals surface area contributed by atoms with Gasteiger partial charge >= 0.3 is 0 Å². The minimum Gasteiger partial charge on any atom is -0.249 e. The fraction of sp³-hybridized carbons (Fsp3) is 0.467. The molecule has 0 saturated heterocycles. The van der Waals surface area contributed by atoms with Crippen molar-refractivity contribution in [2.24, 2.45) is 0 Å². The van der Waals surface area contributed by atoms with Gasteiger partial charge in [0.05, 0.1) is 0 Å². The smallest absolute Gasteiger partial charge is 0.156 e. The van der Waals surface area contributed by atoms with Crippen molar-refractivity contribution in [2.75, 3.05) is 0 Å². The van der Waals surface area contributed by atoms with Gasteiger partial charge in [0.15, 0.2) is 5.82 Å².